The van der Waals surface area contributed by atoms with Crippen LogP contribution in [-0.4, -0.2) is 35.3 Å². The fourth-order valence-corrected chi connectivity index (χ4v) is 3.23. The van der Waals surface area contributed by atoms with E-state index in [2.05, 4.69) is 15.3 Å². The molecule has 1 saturated heterocycles. The highest BCUT2D eigenvalue weighted by Crippen LogP contribution is 2.15. The second-order valence-corrected chi connectivity index (χ2v) is 6.91. The van der Waals surface area contributed by atoms with Crippen LogP contribution >= 0.6 is 27.0 Å². The first-order valence-electron chi connectivity index (χ1n) is 8.87. The Labute approximate surface area is 180 Å². The molecule has 0 bridgehead atoms. The summed E-state index contributed by atoms with van der Waals surface area (Å²) in [6.45, 7) is 6.36. The highest BCUT2D eigenvalue weighted by atomic mass is 32.1. The Hall–Kier alpha value is -1.52. The van der Waals surface area contributed by atoms with Gasteiger partial charge >= 0.3 is 0 Å². The lowest BCUT2D eigenvalue weighted by atomic mass is 10.2. The standard InChI is InChI=1S/C19H27N5O2.2H2S/c1-12-3-15(23-18(20)5-12)10-25-9-14-7-17(8-22-14)26-11-16-4-13(2)6-19(21)24-16;;/h3-6,14,17,22H,7-11H2,1-2H3,(H2,20,23)(H2,21,24);2*1H2/t14-,17-;;/m0../s1. The quantitative estimate of drug-likeness (QED) is 0.622. The molecule has 0 spiro atoms. The third kappa shape index (κ3) is 7.48. The van der Waals surface area contributed by atoms with Crippen molar-refractivity contribution in [3.63, 3.8) is 0 Å². The largest absolute Gasteiger partial charge is 0.384 e. The summed E-state index contributed by atoms with van der Waals surface area (Å²) in [5.41, 5.74) is 15.5. The summed E-state index contributed by atoms with van der Waals surface area (Å²) in [5, 5.41) is 3.43. The van der Waals surface area contributed by atoms with Crippen LogP contribution in [0.3, 0.4) is 0 Å². The summed E-state index contributed by atoms with van der Waals surface area (Å²) in [5.74, 6) is 1.06. The molecule has 7 nitrogen and oxygen atoms in total. The molecule has 3 rings (SSSR count). The molecule has 3 heterocycles. The number of pyridine rings is 2. The van der Waals surface area contributed by atoms with Crippen molar-refractivity contribution in [2.75, 3.05) is 24.6 Å². The maximum absolute atomic E-state index is 5.96. The van der Waals surface area contributed by atoms with Crippen molar-refractivity contribution in [1.82, 2.24) is 15.3 Å². The van der Waals surface area contributed by atoms with Crippen LogP contribution in [0, 0.1) is 13.8 Å². The molecule has 1 fully saturated rings. The molecule has 0 amide bonds. The monoisotopic (exact) mass is 425 g/mol. The van der Waals surface area contributed by atoms with Crippen molar-refractivity contribution in [3.05, 3.63) is 46.8 Å². The smallest absolute Gasteiger partial charge is 0.123 e. The molecule has 2 atom stereocenters. The van der Waals surface area contributed by atoms with Gasteiger partial charge in [0, 0.05) is 12.6 Å². The molecule has 0 radical (unpaired) electrons. The van der Waals surface area contributed by atoms with Crippen LogP contribution in [0.25, 0.3) is 0 Å². The molecule has 0 saturated carbocycles. The van der Waals surface area contributed by atoms with Gasteiger partial charge in [-0.05, 0) is 55.7 Å². The summed E-state index contributed by atoms with van der Waals surface area (Å²) in [6, 6.07) is 7.97. The maximum atomic E-state index is 5.96. The Morgan fingerprint density at radius 3 is 2.11 bits per heavy atom. The Bertz CT molecular complexity index is 723. The predicted molar refractivity (Wildman–Crippen MR) is 122 cm³/mol. The molecular weight excluding hydrogens is 394 g/mol. The van der Waals surface area contributed by atoms with Gasteiger partial charge in [0.25, 0.3) is 0 Å². The fraction of sp³-hybridized carbons (Fsp3) is 0.474. The number of ether oxygens (including phenoxy) is 2. The number of rotatable bonds is 7. The van der Waals surface area contributed by atoms with E-state index in [1.807, 2.05) is 38.1 Å². The minimum atomic E-state index is 0. The van der Waals surface area contributed by atoms with Gasteiger partial charge in [-0.1, -0.05) is 0 Å². The Balaban J connectivity index is 0.00000196. The number of hydrogen-bond acceptors (Lipinski definition) is 7. The first-order valence-corrected chi connectivity index (χ1v) is 8.87. The number of nitrogens with two attached hydrogens (primary N) is 2. The van der Waals surface area contributed by atoms with Gasteiger partial charge in [0.15, 0.2) is 0 Å². The molecule has 5 N–H and O–H groups in total. The first kappa shape index (κ1) is 24.5. The highest BCUT2D eigenvalue weighted by Gasteiger charge is 2.25. The van der Waals surface area contributed by atoms with Gasteiger partial charge in [0.1, 0.15) is 11.6 Å². The fourth-order valence-electron chi connectivity index (χ4n) is 3.23. The van der Waals surface area contributed by atoms with Gasteiger partial charge in [0.05, 0.1) is 37.3 Å². The van der Waals surface area contributed by atoms with E-state index in [4.69, 9.17) is 20.9 Å². The zero-order chi connectivity index (χ0) is 18.5. The molecule has 1 aliphatic heterocycles. The summed E-state index contributed by atoms with van der Waals surface area (Å²) in [6.07, 6.45) is 1.06. The topological polar surface area (TPSA) is 108 Å². The van der Waals surface area contributed by atoms with Gasteiger partial charge in [-0.25, -0.2) is 9.97 Å². The van der Waals surface area contributed by atoms with E-state index in [-0.39, 0.29) is 39.1 Å². The third-order valence-corrected chi connectivity index (χ3v) is 4.30. The summed E-state index contributed by atoms with van der Waals surface area (Å²) < 4.78 is 11.8. The van der Waals surface area contributed by atoms with E-state index in [0.717, 1.165) is 35.5 Å². The Kier molecular flexibility index (Phi) is 10.0. The van der Waals surface area contributed by atoms with Crippen molar-refractivity contribution in [3.8, 4) is 0 Å². The molecule has 0 aromatic carbocycles. The first-order chi connectivity index (χ1) is 12.5. The van der Waals surface area contributed by atoms with Crippen LogP contribution in [0.1, 0.15) is 28.9 Å². The molecule has 9 heteroatoms. The molecule has 0 aliphatic carbocycles. The maximum Gasteiger partial charge on any atom is 0.123 e. The van der Waals surface area contributed by atoms with Crippen LogP contribution in [0.2, 0.25) is 0 Å². The molecule has 2 aromatic heterocycles. The normalized spacial score (nSPS) is 18.4. The Morgan fingerprint density at radius 2 is 1.54 bits per heavy atom. The van der Waals surface area contributed by atoms with Crippen LogP contribution in [-0.2, 0) is 22.7 Å². The number of aromatic nitrogens is 2. The van der Waals surface area contributed by atoms with Crippen LogP contribution in [0.15, 0.2) is 24.3 Å². The SMILES string of the molecule is Cc1cc(N)nc(COC[C@@H]2C[C@H](OCc3cc(C)cc(N)n3)CN2)c1.S.S. The van der Waals surface area contributed by atoms with Crippen LogP contribution in [0.4, 0.5) is 11.6 Å². The number of nitrogens with one attached hydrogen (secondary N) is 1. The van der Waals surface area contributed by atoms with Gasteiger partial charge in [-0.3, -0.25) is 0 Å². The van der Waals surface area contributed by atoms with Gasteiger partial charge in [-0.2, -0.15) is 27.0 Å². The number of nitrogens with zero attached hydrogens (tertiary/aromatic N) is 2. The van der Waals surface area contributed by atoms with E-state index in [0.29, 0.717) is 31.5 Å². The molecule has 1 aliphatic rings. The number of hydrogen-bond donors (Lipinski definition) is 3. The van der Waals surface area contributed by atoms with Gasteiger partial charge in [-0.15, -0.1) is 0 Å². The van der Waals surface area contributed by atoms with Gasteiger partial charge in [0.2, 0.25) is 0 Å². The number of aryl methyl sites for hydroxylation is 2. The Morgan fingerprint density at radius 1 is 0.964 bits per heavy atom. The van der Waals surface area contributed by atoms with E-state index in [1.54, 1.807) is 0 Å². The van der Waals surface area contributed by atoms with Crippen LogP contribution < -0.4 is 16.8 Å². The molecule has 28 heavy (non-hydrogen) atoms. The predicted octanol–water partition coefficient (Wildman–Crippen LogP) is 1.95. The molecule has 156 valence electrons. The molecule has 0 unspecified atom stereocenters. The lowest BCUT2D eigenvalue weighted by Gasteiger charge is -2.13. The van der Waals surface area contributed by atoms with Crippen molar-refractivity contribution in [1.29, 1.82) is 0 Å². The van der Waals surface area contributed by atoms with E-state index < -0.39 is 0 Å². The zero-order valence-corrected chi connectivity index (χ0v) is 18.4. The highest BCUT2D eigenvalue weighted by molar-refractivity contribution is 7.59. The summed E-state index contributed by atoms with van der Waals surface area (Å²) in [7, 11) is 0. The minimum Gasteiger partial charge on any atom is -0.384 e. The van der Waals surface area contributed by atoms with E-state index >= 15 is 0 Å². The average molecular weight is 426 g/mol. The van der Waals surface area contributed by atoms with Crippen molar-refractivity contribution in [2.24, 2.45) is 0 Å². The van der Waals surface area contributed by atoms with E-state index in [9.17, 15) is 0 Å². The van der Waals surface area contributed by atoms with Crippen molar-refractivity contribution < 1.29 is 9.47 Å². The van der Waals surface area contributed by atoms with Crippen molar-refractivity contribution in [2.45, 2.75) is 45.6 Å². The summed E-state index contributed by atoms with van der Waals surface area (Å²) in [4.78, 5) is 8.58. The second kappa shape index (κ2) is 11.5. The minimum absolute atomic E-state index is 0. The van der Waals surface area contributed by atoms with Crippen LogP contribution in [0.5, 0.6) is 0 Å². The van der Waals surface area contributed by atoms with E-state index in [1.165, 1.54) is 0 Å². The summed E-state index contributed by atoms with van der Waals surface area (Å²) >= 11 is 0. The average Bonchev–Trinajstić information content (AvgIpc) is 2.99. The van der Waals surface area contributed by atoms with Crippen molar-refractivity contribution >= 4 is 38.6 Å². The number of anilines is 2. The number of nitrogen functional groups attached to an aromatic ring is 2. The zero-order valence-electron chi connectivity index (χ0n) is 16.4. The molecule has 2 aromatic rings. The lowest BCUT2D eigenvalue weighted by Crippen LogP contribution is -2.26. The second-order valence-electron chi connectivity index (χ2n) is 6.91. The third-order valence-electron chi connectivity index (χ3n) is 4.30. The van der Waals surface area contributed by atoms with Gasteiger partial charge < -0.3 is 26.3 Å². The molecular formula is C19H31N5O2S2. The lowest BCUT2D eigenvalue weighted by molar-refractivity contribution is 0.0453.